The van der Waals surface area contributed by atoms with Gasteiger partial charge in [-0.3, -0.25) is 0 Å². The Hall–Kier alpha value is -1.95. The molecule has 1 aromatic carbocycles. The number of rotatable bonds is 6. The summed E-state index contributed by atoms with van der Waals surface area (Å²) in [5.74, 6) is 1.66. The first kappa shape index (κ1) is 14.5. The maximum atomic E-state index is 11.6. The molecule has 0 spiro atoms. The monoisotopic (exact) mass is 281 g/mol. The van der Waals surface area contributed by atoms with E-state index >= 15 is 0 Å². The molecule has 0 bridgehead atoms. The van der Waals surface area contributed by atoms with Crippen molar-refractivity contribution in [2.45, 2.75) is 26.4 Å². The third kappa shape index (κ3) is 4.31. The summed E-state index contributed by atoms with van der Waals surface area (Å²) < 4.78 is 20.9. The van der Waals surface area contributed by atoms with E-state index < -0.39 is 6.09 Å². The van der Waals surface area contributed by atoms with Crippen molar-refractivity contribution in [3.8, 4) is 17.2 Å². The summed E-state index contributed by atoms with van der Waals surface area (Å²) in [5.41, 5.74) is 0. The smallest absolute Gasteiger partial charge is 0.412 e. The van der Waals surface area contributed by atoms with Crippen LogP contribution in [0.4, 0.5) is 4.79 Å². The molecular weight excluding hydrogens is 262 g/mol. The molecule has 0 aliphatic carbocycles. The Morgan fingerprint density at radius 3 is 2.95 bits per heavy atom. The van der Waals surface area contributed by atoms with Crippen LogP contribution in [0.15, 0.2) is 18.2 Å². The Balaban J connectivity index is 1.69. The number of hydrogen-bond acceptors (Lipinski definition) is 5. The summed E-state index contributed by atoms with van der Waals surface area (Å²) in [7, 11) is 0. The average Bonchev–Trinajstić information content (AvgIpc) is 2.85. The topological polar surface area (TPSA) is 66.0 Å². The standard InChI is InChI=1S/C14H19NO5/c1-10(2)17-7-3-6-15-14(16)20-11-4-5-12-13(8-11)19-9-18-12/h4-5,8,10H,3,6-7,9H2,1-2H3,(H,15,16). The van der Waals surface area contributed by atoms with Crippen molar-refractivity contribution >= 4 is 6.09 Å². The second-order valence-electron chi connectivity index (χ2n) is 4.60. The Morgan fingerprint density at radius 2 is 2.15 bits per heavy atom. The molecule has 0 saturated heterocycles. The Bertz CT molecular complexity index is 461. The minimum Gasteiger partial charge on any atom is -0.454 e. The normalized spacial score (nSPS) is 12.6. The summed E-state index contributed by atoms with van der Waals surface area (Å²) in [6, 6.07) is 5.00. The predicted octanol–water partition coefficient (Wildman–Crippen LogP) is 2.32. The number of carbonyl (C=O) groups is 1. The van der Waals surface area contributed by atoms with Crippen molar-refractivity contribution in [1.82, 2.24) is 5.32 Å². The van der Waals surface area contributed by atoms with Crippen molar-refractivity contribution in [1.29, 1.82) is 0 Å². The Labute approximate surface area is 118 Å². The number of hydrogen-bond donors (Lipinski definition) is 1. The molecule has 0 radical (unpaired) electrons. The lowest BCUT2D eigenvalue weighted by atomic mass is 10.3. The fourth-order valence-electron chi connectivity index (χ4n) is 1.67. The molecule has 6 heteroatoms. The molecule has 1 aliphatic heterocycles. The van der Waals surface area contributed by atoms with Gasteiger partial charge in [0.05, 0.1) is 6.10 Å². The molecule has 0 atom stereocenters. The van der Waals surface area contributed by atoms with E-state index in [0.717, 1.165) is 6.42 Å². The minimum absolute atomic E-state index is 0.195. The third-order valence-electron chi connectivity index (χ3n) is 2.60. The van der Waals surface area contributed by atoms with Crippen molar-refractivity contribution in [2.75, 3.05) is 19.9 Å². The van der Waals surface area contributed by atoms with E-state index in [1.54, 1.807) is 18.2 Å². The molecule has 1 aromatic rings. The van der Waals surface area contributed by atoms with Crippen LogP contribution >= 0.6 is 0 Å². The second kappa shape index (κ2) is 7.00. The number of nitrogens with one attached hydrogen (secondary N) is 1. The van der Waals surface area contributed by atoms with Gasteiger partial charge in [-0.15, -0.1) is 0 Å². The lowest BCUT2D eigenvalue weighted by Gasteiger charge is -2.09. The molecule has 6 nitrogen and oxygen atoms in total. The van der Waals surface area contributed by atoms with Crippen LogP contribution in [0.2, 0.25) is 0 Å². The number of carbonyl (C=O) groups excluding carboxylic acids is 1. The van der Waals surface area contributed by atoms with Crippen molar-refractivity contribution in [2.24, 2.45) is 0 Å². The van der Waals surface area contributed by atoms with Gasteiger partial charge in [0.1, 0.15) is 5.75 Å². The lowest BCUT2D eigenvalue weighted by molar-refractivity contribution is 0.0771. The van der Waals surface area contributed by atoms with Gasteiger partial charge in [-0.05, 0) is 32.4 Å². The number of benzene rings is 1. The van der Waals surface area contributed by atoms with E-state index in [4.69, 9.17) is 18.9 Å². The SMILES string of the molecule is CC(C)OCCCNC(=O)Oc1ccc2c(c1)OCO2. The highest BCUT2D eigenvalue weighted by molar-refractivity contribution is 5.70. The zero-order valence-corrected chi connectivity index (χ0v) is 11.7. The lowest BCUT2D eigenvalue weighted by Crippen LogP contribution is -2.28. The molecule has 20 heavy (non-hydrogen) atoms. The number of ether oxygens (including phenoxy) is 4. The van der Waals surface area contributed by atoms with Crippen molar-refractivity contribution < 1.29 is 23.7 Å². The molecular formula is C14H19NO5. The predicted molar refractivity (Wildman–Crippen MR) is 72.3 cm³/mol. The molecule has 0 aromatic heterocycles. The van der Waals surface area contributed by atoms with Crippen LogP contribution in [0.25, 0.3) is 0 Å². The maximum absolute atomic E-state index is 11.6. The largest absolute Gasteiger partial charge is 0.454 e. The highest BCUT2D eigenvalue weighted by atomic mass is 16.7. The van der Waals surface area contributed by atoms with Crippen LogP contribution in [0.1, 0.15) is 20.3 Å². The van der Waals surface area contributed by atoms with Gasteiger partial charge in [0.2, 0.25) is 6.79 Å². The first-order chi connectivity index (χ1) is 9.65. The summed E-state index contributed by atoms with van der Waals surface area (Å²) in [4.78, 5) is 11.6. The summed E-state index contributed by atoms with van der Waals surface area (Å²) >= 11 is 0. The first-order valence-corrected chi connectivity index (χ1v) is 6.62. The highest BCUT2D eigenvalue weighted by Crippen LogP contribution is 2.35. The number of amides is 1. The Kier molecular flexibility index (Phi) is 5.06. The summed E-state index contributed by atoms with van der Waals surface area (Å²) in [6.07, 6.45) is 0.456. The first-order valence-electron chi connectivity index (χ1n) is 6.62. The van der Waals surface area contributed by atoms with E-state index in [0.29, 0.717) is 30.4 Å². The molecule has 2 rings (SSSR count). The fourth-order valence-corrected chi connectivity index (χ4v) is 1.67. The van der Waals surface area contributed by atoms with Gasteiger partial charge in [0.15, 0.2) is 11.5 Å². The highest BCUT2D eigenvalue weighted by Gasteiger charge is 2.14. The molecule has 0 unspecified atom stereocenters. The van der Waals surface area contributed by atoms with Crippen molar-refractivity contribution in [3.63, 3.8) is 0 Å². The van der Waals surface area contributed by atoms with Gasteiger partial charge in [-0.1, -0.05) is 0 Å². The second-order valence-corrected chi connectivity index (χ2v) is 4.60. The molecule has 110 valence electrons. The van der Waals surface area contributed by atoms with Crippen molar-refractivity contribution in [3.05, 3.63) is 18.2 Å². The van der Waals surface area contributed by atoms with Crippen LogP contribution in [0.3, 0.4) is 0 Å². The van der Waals surface area contributed by atoms with E-state index in [1.807, 2.05) is 13.8 Å². The maximum Gasteiger partial charge on any atom is 0.412 e. The summed E-state index contributed by atoms with van der Waals surface area (Å²) in [5, 5.41) is 2.66. The van der Waals surface area contributed by atoms with Gasteiger partial charge in [-0.25, -0.2) is 4.79 Å². The van der Waals surface area contributed by atoms with Crippen LogP contribution in [-0.2, 0) is 4.74 Å². The van der Waals surface area contributed by atoms with Gasteiger partial charge in [-0.2, -0.15) is 0 Å². The van der Waals surface area contributed by atoms with Crippen LogP contribution in [-0.4, -0.2) is 32.1 Å². The van der Waals surface area contributed by atoms with E-state index in [2.05, 4.69) is 5.32 Å². The molecule has 0 saturated carbocycles. The van der Waals surface area contributed by atoms with Gasteiger partial charge >= 0.3 is 6.09 Å². The van der Waals surface area contributed by atoms with Crippen LogP contribution in [0, 0.1) is 0 Å². The molecule has 1 aliphatic rings. The van der Waals surface area contributed by atoms with Gasteiger partial charge < -0.3 is 24.3 Å². The Morgan fingerprint density at radius 1 is 1.35 bits per heavy atom. The van der Waals surface area contributed by atoms with Gasteiger partial charge in [0, 0.05) is 19.2 Å². The molecule has 0 fully saturated rings. The number of fused-ring (bicyclic) bond motifs is 1. The molecule has 1 N–H and O–H groups in total. The molecule has 1 amide bonds. The quantitative estimate of drug-likeness (QED) is 0.811. The van der Waals surface area contributed by atoms with E-state index in [1.165, 1.54) is 0 Å². The van der Waals surface area contributed by atoms with Crippen LogP contribution < -0.4 is 19.5 Å². The van der Waals surface area contributed by atoms with Crippen LogP contribution in [0.5, 0.6) is 17.2 Å². The fraction of sp³-hybridized carbons (Fsp3) is 0.500. The van der Waals surface area contributed by atoms with Gasteiger partial charge in [0.25, 0.3) is 0 Å². The average molecular weight is 281 g/mol. The molecule has 1 heterocycles. The minimum atomic E-state index is -0.492. The zero-order chi connectivity index (χ0) is 14.4. The zero-order valence-electron chi connectivity index (χ0n) is 11.7. The van der Waals surface area contributed by atoms with E-state index in [9.17, 15) is 4.79 Å². The van der Waals surface area contributed by atoms with E-state index in [-0.39, 0.29) is 12.9 Å². The third-order valence-corrected chi connectivity index (χ3v) is 2.60. The summed E-state index contributed by atoms with van der Waals surface area (Å²) in [6.45, 7) is 5.27.